The summed E-state index contributed by atoms with van der Waals surface area (Å²) in [5.74, 6) is 1.68. The summed E-state index contributed by atoms with van der Waals surface area (Å²) >= 11 is 0. The number of carbonyl (C=O) groups excluding carboxylic acids is 1. The van der Waals surface area contributed by atoms with E-state index in [0.717, 1.165) is 16.9 Å². The van der Waals surface area contributed by atoms with Crippen LogP contribution in [0.2, 0.25) is 0 Å². The molecule has 0 atom stereocenters. The summed E-state index contributed by atoms with van der Waals surface area (Å²) in [4.78, 5) is 12.6. The molecule has 1 heterocycles. The topological polar surface area (TPSA) is 75.5 Å². The number of nitrogens with zero attached hydrogens (tertiary/aromatic N) is 3. The van der Waals surface area contributed by atoms with Crippen molar-refractivity contribution in [2.24, 2.45) is 0 Å². The number of rotatable bonds is 9. The van der Waals surface area contributed by atoms with Crippen LogP contribution in [-0.2, 0) is 11.3 Å². The molecule has 0 spiro atoms. The van der Waals surface area contributed by atoms with Gasteiger partial charge in [0.1, 0.15) is 11.5 Å². The molecule has 1 aliphatic rings. The van der Waals surface area contributed by atoms with E-state index in [1.807, 2.05) is 48.5 Å². The van der Waals surface area contributed by atoms with Crippen LogP contribution in [-0.4, -0.2) is 34.7 Å². The van der Waals surface area contributed by atoms with Gasteiger partial charge in [0.05, 0.1) is 20.3 Å². The lowest BCUT2D eigenvalue weighted by Gasteiger charge is -2.22. The van der Waals surface area contributed by atoms with Crippen LogP contribution < -0.4 is 9.47 Å². The molecular weight excluding hydrogens is 478 g/mol. The van der Waals surface area contributed by atoms with Crippen molar-refractivity contribution in [3.63, 3.8) is 0 Å². The van der Waals surface area contributed by atoms with Gasteiger partial charge in [0, 0.05) is 0 Å². The maximum atomic E-state index is 12.6. The van der Waals surface area contributed by atoms with Crippen LogP contribution in [0.25, 0.3) is 11.1 Å². The zero-order valence-corrected chi connectivity index (χ0v) is 21.9. The fourth-order valence-electron chi connectivity index (χ4n) is 4.98. The second kappa shape index (κ2) is 11.9. The highest BCUT2D eigenvalue weighted by molar-refractivity contribution is 5.89. The normalized spacial score (nSPS) is 13.7. The first-order valence-electron chi connectivity index (χ1n) is 13.3. The van der Waals surface area contributed by atoms with E-state index in [1.165, 1.54) is 43.2 Å². The van der Waals surface area contributed by atoms with E-state index < -0.39 is 5.97 Å². The third kappa shape index (κ3) is 5.88. The Morgan fingerprint density at radius 2 is 1.66 bits per heavy atom. The molecule has 0 unspecified atom stereocenters. The molecule has 4 aromatic rings. The first kappa shape index (κ1) is 25.5. The highest BCUT2D eigenvalue weighted by Gasteiger charge is 2.24. The molecule has 0 N–H and O–H groups in total. The summed E-state index contributed by atoms with van der Waals surface area (Å²) < 4.78 is 18.2. The van der Waals surface area contributed by atoms with Gasteiger partial charge in [0.25, 0.3) is 5.88 Å². The average molecular weight is 512 g/mol. The number of aromatic nitrogens is 3. The van der Waals surface area contributed by atoms with Crippen LogP contribution in [0.1, 0.15) is 66.6 Å². The highest BCUT2D eigenvalue weighted by atomic mass is 16.5. The summed E-state index contributed by atoms with van der Waals surface area (Å²) in [5.41, 5.74) is 4.74. The standard InChI is InChI=1S/C31H33N3O4/c1-3-37-31(35)29-30(34(33-32-29)21-22-12-16-27(36-2)17-13-22)38-28-18-14-24(15-19-28)26-11-7-10-25(20-26)23-8-5-4-6-9-23/h7,10-20,23H,3-6,8-9,21H2,1-2H3. The van der Waals surface area contributed by atoms with Crippen molar-refractivity contribution < 1.29 is 19.0 Å². The third-order valence-electron chi connectivity index (χ3n) is 7.02. The monoisotopic (exact) mass is 511 g/mol. The van der Waals surface area contributed by atoms with Gasteiger partial charge in [-0.3, -0.25) is 0 Å². The summed E-state index contributed by atoms with van der Waals surface area (Å²) in [7, 11) is 1.63. The van der Waals surface area contributed by atoms with Crippen molar-refractivity contribution in [2.45, 2.75) is 51.5 Å². The summed E-state index contributed by atoms with van der Waals surface area (Å²) in [5, 5.41) is 8.25. The number of carbonyl (C=O) groups is 1. The van der Waals surface area contributed by atoms with E-state index in [2.05, 4.69) is 34.6 Å². The maximum Gasteiger partial charge on any atom is 0.364 e. The minimum atomic E-state index is -0.570. The van der Waals surface area contributed by atoms with Gasteiger partial charge in [-0.2, -0.15) is 0 Å². The van der Waals surface area contributed by atoms with Gasteiger partial charge in [-0.15, -0.1) is 5.10 Å². The van der Waals surface area contributed by atoms with E-state index in [0.29, 0.717) is 18.2 Å². The van der Waals surface area contributed by atoms with Crippen molar-refractivity contribution in [3.8, 4) is 28.5 Å². The number of hydrogen-bond acceptors (Lipinski definition) is 6. The Bertz CT molecular complexity index is 1360. The van der Waals surface area contributed by atoms with Gasteiger partial charge < -0.3 is 14.2 Å². The van der Waals surface area contributed by atoms with Crippen LogP contribution in [0.15, 0.2) is 72.8 Å². The fourth-order valence-corrected chi connectivity index (χ4v) is 4.98. The molecule has 0 bridgehead atoms. The van der Waals surface area contributed by atoms with E-state index in [1.54, 1.807) is 18.7 Å². The molecule has 7 heteroatoms. The molecule has 7 nitrogen and oxygen atoms in total. The Morgan fingerprint density at radius 3 is 2.37 bits per heavy atom. The van der Waals surface area contributed by atoms with Crippen molar-refractivity contribution in [1.29, 1.82) is 0 Å². The van der Waals surface area contributed by atoms with Gasteiger partial charge in [0.2, 0.25) is 5.69 Å². The summed E-state index contributed by atoms with van der Waals surface area (Å²) in [6.45, 7) is 2.36. The van der Waals surface area contributed by atoms with Crippen molar-refractivity contribution in [3.05, 3.63) is 89.6 Å². The van der Waals surface area contributed by atoms with Crippen LogP contribution in [0.5, 0.6) is 17.4 Å². The molecule has 0 aliphatic heterocycles. The van der Waals surface area contributed by atoms with Crippen LogP contribution in [0, 0.1) is 0 Å². The Hall–Kier alpha value is -4.13. The lowest BCUT2D eigenvalue weighted by molar-refractivity contribution is 0.0516. The van der Waals surface area contributed by atoms with Crippen LogP contribution in [0.3, 0.4) is 0 Å². The van der Waals surface area contributed by atoms with Gasteiger partial charge in [-0.05, 0) is 72.2 Å². The predicted octanol–water partition coefficient (Wildman–Crippen LogP) is 7.02. The van der Waals surface area contributed by atoms with E-state index in [4.69, 9.17) is 14.2 Å². The fraction of sp³-hybridized carbons (Fsp3) is 0.323. The van der Waals surface area contributed by atoms with Gasteiger partial charge in [-0.1, -0.05) is 73.0 Å². The summed E-state index contributed by atoms with van der Waals surface area (Å²) in [6.07, 6.45) is 6.54. The molecule has 3 aromatic carbocycles. The predicted molar refractivity (Wildman–Crippen MR) is 146 cm³/mol. The van der Waals surface area contributed by atoms with Crippen LogP contribution in [0.4, 0.5) is 0 Å². The quantitative estimate of drug-likeness (QED) is 0.225. The molecule has 5 rings (SSSR count). The molecule has 0 amide bonds. The van der Waals surface area contributed by atoms with Gasteiger partial charge >= 0.3 is 5.97 Å². The number of benzene rings is 3. The zero-order valence-electron chi connectivity index (χ0n) is 21.9. The second-order valence-corrected chi connectivity index (χ2v) is 9.56. The Labute approximate surface area is 223 Å². The Balaban J connectivity index is 1.37. The number of hydrogen-bond donors (Lipinski definition) is 0. The second-order valence-electron chi connectivity index (χ2n) is 9.56. The molecule has 0 saturated heterocycles. The van der Waals surface area contributed by atoms with E-state index in [-0.39, 0.29) is 18.2 Å². The molecular formula is C31H33N3O4. The molecule has 1 aromatic heterocycles. The smallest absolute Gasteiger partial charge is 0.364 e. The first-order valence-corrected chi connectivity index (χ1v) is 13.3. The average Bonchev–Trinajstić information content (AvgIpc) is 3.36. The minimum absolute atomic E-state index is 0.0459. The van der Waals surface area contributed by atoms with Crippen molar-refractivity contribution in [2.75, 3.05) is 13.7 Å². The van der Waals surface area contributed by atoms with Crippen molar-refractivity contribution in [1.82, 2.24) is 15.0 Å². The molecule has 1 saturated carbocycles. The van der Waals surface area contributed by atoms with E-state index >= 15 is 0 Å². The minimum Gasteiger partial charge on any atom is -0.497 e. The SMILES string of the molecule is CCOC(=O)c1nnn(Cc2ccc(OC)cc2)c1Oc1ccc(-c2cccc(C3CCCCC3)c2)cc1. The van der Waals surface area contributed by atoms with Crippen molar-refractivity contribution >= 4 is 5.97 Å². The molecule has 0 radical (unpaired) electrons. The maximum absolute atomic E-state index is 12.6. The Kier molecular flexibility index (Phi) is 8.02. The Morgan fingerprint density at radius 1 is 0.921 bits per heavy atom. The molecule has 1 fully saturated rings. The van der Waals surface area contributed by atoms with Crippen LogP contribution >= 0.6 is 0 Å². The number of esters is 1. The molecule has 196 valence electrons. The summed E-state index contributed by atoms with van der Waals surface area (Å²) in [6, 6.07) is 24.4. The highest BCUT2D eigenvalue weighted by Crippen LogP contribution is 2.35. The lowest BCUT2D eigenvalue weighted by Crippen LogP contribution is -2.09. The zero-order chi connectivity index (χ0) is 26.3. The molecule has 1 aliphatic carbocycles. The lowest BCUT2D eigenvalue weighted by atomic mass is 9.83. The van der Waals surface area contributed by atoms with Gasteiger partial charge in [0.15, 0.2) is 0 Å². The first-order chi connectivity index (χ1) is 18.6. The molecule has 38 heavy (non-hydrogen) atoms. The van der Waals surface area contributed by atoms with Gasteiger partial charge in [-0.25, -0.2) is 9.48 Å². The van der Waals surface area contributed by atoms with E-state index in [9.17, 15) is 4.79 Å². The number of ether oxygens (including phenoxy) is 3. The third-order valence-corrected chi connectivity index (χ3v) is 7.02. The largest absolute Gasteiger partial charge is 0.497 e. The number of methoxy groups -OCH3 is 1.